The lowest BCUT2D eigenvalue weighted by molar-refractivity contribution is -0.120. The van der Waals surface area contributed by atoms with Gasteiger partial charge in [0.1, 0.15) is 5.75 Å². The summed E-state index contributed by atoms with van der Waals surface area (Å²) in [5.74, 6) is -0.244. The molecule has 0 bridgehead atoms. The second-order valence-electron chi connectivity index (χ2n) is 4.04. The van der Waals surface area contributed by atoms with Crippen LogP contribution in [0.15, 0.2) is 24.3 Å². The van der Waals surface area contributed by atoms with Crippen LogP contribution in [0, 0.1) is 0 Å². The lowest BCUT2D eigenvalue weighted by Crippen LogP contribution is -2.34. The minimum atomic E-state index is -0.238. The number of benzene rings is 1. The van der Waals surface area contributed by atoms with Crippen LogP contribution in [0.3, 0.4) is 0 Å². The molecule has 0 aromatic heterocycles. The quantitative estimate of drug-likeness (QED) is 0.516. The van der Waals surface area contributed by atoms with Crippen molar-refractivity contribution in [3.63, 3.8) is 0 Å². The number of hydrogen-bond donors (Lipinski definition) is 4. The summed E-state index contributed by atoms with van der Waals surface area (Å²) in [4.78, 5) is 22.8. The van der Waals surface area contributed by atoms with E-state index in [9.17, 15) is 14.7 Å². The summed E-state index contributed by atoms with van der Waals surface area (Å²) < 4.78 is 0. The molecule has 6 nitrogen and oxygen atoms in total. The van der Waals surface area contributed by atoms with Gasteiger partial charge in [-0.15, -0.1) is 0 Å². The number of amides is 2. The summed E-state index contributed by atoms with van der Waals surface area (Å²) in [7, 11) is 1.70. The van der Waals surface area contributed by atoms with Crippen LogP contribution in [0.2, 0.25) is 0 Å². The highest BCUT2D eigenvalue weighted by molar-refractivity contribution is 5.94. The number of aromatic hydroxyl groups is 1. The second-order valence-corrected chi connectivity index (χ2v) is 4.04. The van der Waals surface area contributed by atoms with Crippen LogP contribution in [0.5, 0.6) is 5.75 Å². The number of phenols is 1. The van der Waals surface area contributed by atoms with E-state index in [-0.39, 0.29) is 24.1 Å². The molecule has 19 heavy (non-hydrogen) atoms. The van der Waals surface area contributed by atoms with E-state index in [1.165, 1.54) is 12.1 Å². The minimum absolute atomic E-state index is 0.0620. The second kappa shape index (κ2) is 8.10. The molecule has 2 amide bonds. The third-order valence-electron chi connectivity index (χ3n) is 2.41. The smallest absolute Gasteiger partial charge is 0.251 e. The third kappa shape index (κ3) is 5.87. The molecule has 1 rings (SSSR count). The molecule has 1 aromatic carbocycles. The Kier molecular flexibility index (Phi) is 6.38. The molecular weight excluding hydrogens is 246 g/mol. The maximum Gasteiger partial charge on any atom is 0.251 e. The Bertz CT molecular complexity index is 435. The van der Waals surface area contributed by atoms with Gasteiger partial charge in [-0.2, -0.15) is 0 Å². The Morgan fingerprint density at radius 3 is 2.63 bits per heavy atom. The maximum absolute atomic E-state index is 11.7. The molecule has 0 spiro atoms. The van der Waals surface area contributed by atoms with Crippen molar-refractivity contribution in [1.29, 1.82) is 0 Å². The molecule has 6 heteroatoms. The first-order valence-electron chi connectivity index (χ1n) is 6.12. The summed E-state index contributed by atoms with van der Waals surface area (Å²) in [6.45, 7) is 1.27. The van der Waals surface area contributed by atoms with Crippen LogP contribution in [-0.4, -0.2) is 43.6 Å². The topological polar surface area (TPSA) is 90.5 Å². The number of rotatable bonds is 7. The lowest BCUT2D eigenvalue weighted by Gasteiger charge is -2.07. The van der Waals surface area contributed by atoms with Crippen molar-refractivity contribution in [2.24, 2.45) is 0 Å². The molecule has 0 fully saturated rings. The van der Waals surface area contributed by atoms with Gasteiger partial charge in [0.2, 0.25) is 5.91 Å². The minimum Gasteiger partial charge on any atom is -0.508 e. The zero-order valence-electron chi connectivity index (χ0n) is 10.9. The molecule has 0 aliphatic rings. The number of phenolic OH excluding ortho intramolecular Hbond substituents is 1. The van der Waals surface area contributed by atoms with Gasteiger partial charge < -0.3 is 21.1 Å². The van der Waals surface area contributed by atoms with Gasteiger partial charge in [0.05, 0.1) is 6.54 Å². The first kappa shape index (κ1) is 15.0. The van der Waals surface area contributed by atoms with E-state index in [2.05, 4.69) is 16.0 Å². The molecule has 0 unspecified atom stereocenters. The number of likely N-dealkylation sites (N-methyl/N-ethyl adjacent to an activating group) is 1. The van der Waals surface area contributed by atoms with Crippen molar-refractivity contribution in [1.82, 2.24) is 16.0 Å². The maximum atomic E-state index is 11.7. The van der Waals surface area contributed by atoms with Crippen LogP contribution in [-0.2, 0) is 4.79 Å². The van der Waals surface area contributed by atoms with Crippen molar-refractivity contribution in [2.45, 2.75) is 6.42 Å². The highest BCUT2D eigenvalue weighted by Gasteiger charge is 2.05. The fourth-order valence-electron chi connectivity index (χ4n) is 1.49. The molecule has 0 saturated heterocycles. The zero-order chi connectivity index (χ0) is 14.1. The molecule has 0 atom stereocenters. The molecule has 1 aromatic rings. The predicted molar refractivity (Wildman–Crippen MR) is 72.0 cm³/mol. The highest BCUT2D eigenvalue weighted by Crippen LogP contribution is 2.10. The van der Waals surface area contributed by atoms with E-state index in [4.69, 9.17) is 0 Å². The van der Waals surface area contributed by atoms with Gasteiger partial charge in [-0.1, -0.05) is 6.07 Å². The van der Waals surface area contributed by atoms with Crippen molar-refractivity contribution in [3.8, 4) is 5.75 Å². The van der Waals surface area contributed by atoms with Gasteiger partial charge in [-0.05, 0) is 31.7 Å². The van der Waals surface area contributed by atoms with Crippen LogP contribution in [0.1, 0.15) is 16.8 Å². The Hall–Kier alpha value is -2.08. The Labute approximate surface area is 112 Å². The predicted octanol–water partition coefficient (Wildman–Crippen LogP) is -0.152. The SMILES string of the molecule is CNCC(=O)NCCCNC(=O)c1cccc(O)c1. The number of hydrogen-bond acceptors (Lipinski definition) is 4. The summed E-state index contributed by atoms with van der Waals surface area (Å²) in [6.07, 6.45) is 0.653. The number of nitrogens with one attached hydrogen (secondary N) is 3. The Balaban J connectivity index is 2.19. The summed E-state index contributed by atoms with van der Waals surface area (Å²) in [6, 6.07) is 6.16. The van der Waals surface area contributed by atoms with Crippen LogP contribution in [0.4, 0.5) is 0 Å². The Morgan fingerprint density at radius 1 is 1.21 bits per heavy atom. The highest BCUT2D eigenvalue weighted by atomic mass is 16.3. The van der Waals surface area contributed by atoms with Gasteiger partial charge >= 0.3 is 0 Å². The third-order valence-corrected chi connectivity index (χ3v) is 2.41. The van der Waals surface area contributed by atoms with Gasteiger partial charge in [-0.3, -0.25) is 9.59 Å². The van der Waals surface area contributed by atoms with Gasteiger partial charge in [0, 0.05) is 18.7 Å². The summed E-state index contributed by atoms with van der Waals surface area (Å²) in [5.41, 5.74) is 0.416. The van der Waals surface area contributed by atoms with E-state index >= 15 is 0 Å². The molecule has 4 N–H and O–H groups in total. The van der Waals surface area contributed by atoms with Crippen molar-refractivity contribution >= 4 is 11.8 Å². The van der Waals surface area contributed by atoms with E-state index in [0.717, 1.165) is 0 Å². The monoisotopic (exact) mass is 265 g/mol. The van der Waals surface area contributed by atoms with Crippen LogP contribution < -0.4 is 16.0 Å². The first-order chi connectivity index (χ1) is 9.13. The van der Waals surface area contributed by atoms with Crippen LogP contribution >= 0.6 is 0 Å². The largest absolute Gasteiger partial charge is 0.508 e. The van der Waals surface area contributed by atoms with Crippen molar-refractivity contribution in [3.05, 3.63) is 29.8 Å². The van der Waals surface area contributed by atoms with Gasteiger partial charge in [-0.25, -0.2) is 0 Å². The molecule has 0 saturated carbocycles. The molecule has 0 radical (unpaired) electrons. The number of carbonyl (C=O) groups is 2. The van der Waals surface area contributed by atoms with E-state index < -0.39 is 0 Å². The zero-order valence-corrected chi connectivity index (χ0v) is 10.9. The average Bonchev–Trinajstić information content (AvgIpc) is 2.38. The van der Waals surface area contributed by atoms with Gasteiger partial charge in [0.25, 0.3) is 5.91 Å². The molecule has 104 valence electrons. The van der Waals surface area contributed by atoms with E-state index in [0.29, 0.717) is 25.1 Å². The molecule has 0 heterocycles. The van der Waals surface area contributed by atoms with E-state index in [1.54, 1.807) is 19.2 Å². The van der Waals surface area contributed by atoms with Crippen molar-refractivity contribution < 1.29 is 14.7 Å². The molecule has 0 aliphatic carbocycles. The van der Waals surface area contributed by atoms with Crippen LogP contribution in [0.25, 0.3) is 0 Å². The number of carbonyl (C=O) groups excluding carboxylic acids is 2. The molecule has 0 aliphatic heterocycles. The first-order valence-corrected chi connectivity index (χ1v) is 6.12. The molecular formula is C13H19N3O3. The Morgan fingerprint density at radius 2 is 1.95 bits per heavy atom. The standard InChI is InChI=1S/C13H19N3O3/c1-14-9-12(18)15-6-3-7-16-13(19)10-4-2-5-11(17)8-10/h2,4-5,8,14,17H,3,6-7,9H2,1H3,(H,15,18)(H,16,19). The summed E-state index contributed by atoms with van der Waals surface area (Å²) in [5, 5.41) is 17.4. The lowest BCUT2D eigenvalue weighted by atomic mass is 10.2. The fraction of sp³-hybridized carbons (Fsp3) is 0.385. The fourth-order valence-corrected chi connectivity index (χ4v) is 1.49. The normalized spacial score (nSPS) is 9.95. The van der Waals surface area contributed by atoms with Crippen molar-refractivity contribution in [2.75, 3.05) is 26.7 Å². The van der Waals surface area contributed by atoms with Gasteiger partial charge in [0.15, 0.2) is 0 Å². The van der Waals surface area contributed by atoms with E-state index in [1.807, 2.05) is 0 Å². The summed E-state index contributed by atoms with van der Waals surface area (Å²) >= 11 is 0. The average molecular weight is 265 g/mol.